The molecular formula is C15H24N3+. The highest BCUT2D eigenvalue weighted by molar-refractivity contribution is 5.35. The lowest BCUT2D eigenvalue weighted by Crippen LogP contribution is -2.62. The van der Waals surface area contributed by atoms with Gasteiger partial charge in [-0.2, -0.15) is 0 Å². The maximum atomic E-state index is 4.70. The molecule has 1 aromatic heterocycles. The summed E-state index contributed by atoms with van der Waals surface area (Å²) in [6.45, 7) is 4.94. The number of piperidine rings is 2. The lowest BCUT2D eigenvalue weighted by atomic mass is 9.96. The van der Waals surface area contributed by atoms with E-state index < -0.39 is 0 Å². The third-order valence-corrected chi connectivity index (χ3v) is 4.73. The first-order valence-electron chi connectivity index (χ1n) is 7.41. The van der Waals surface area contributed by atoms with E-state index in [1.54, 1.807) is 0 Å². The van der Waals surface area contributed by atoms with Gasteiger partial charge in [0.05, 0.1) is 19.1 Å². The molecule has 0 atom stereocenters. The molecule has 2 fully saturated rings. The fourth-order valence-electron chi connectivity index (χ4n) is 3.78. The van der Waals surface area contributed by atoms with Crippen LogP contribution in [0.5, 0.6) is 0 Å². The van der Waals surface area contributed by atoms with Crippen molar-refractivity contribution in [2.45, 2.75) is 38.1 Å². The van der Waals surface area contributed by atoms with Crippen LogP contribution < -0.4 is 9.80 Å². The van der Waals surface area contributed by atoms with Gasteiger partial charge in [-0.25, -0.2) is 4.98 Å². The van der Waals surface area contributed by atoms with Crippen LogP contribution in [-0.4, -0.2) is 37.2 Å². The minimum atomic E-state index is 0.779. The summed E-state index contributed by atoms with van der Waals surface area (Å²) >= 11 is 0. The number of pyridine rings is 1. The van der Waals surface area contributed by atoms with Gasteiger partial charge in [-0.1, -0.05) is 6.07 Å². The molecule has 0 unspecified atom stereocenters. The molecule has 2 saturated heterocycles. The molecule has 18 heavy (non-hydrogen) atoms. The number of aromatic nitrogens is 1. The number of likely N-dealkylation sites (tertiary alicyclic amines) is 1. The summed E-state index contributed by atoms with van der Waals surface area (Å²) in [6, 6.07) is 7.21. The Hall–Kier alpha value is -0.930. The number of hydrogen-bond donors (Lipinski definition) is 1. The number of quaternary nitrogens is 1. The van der Waals surface area contributed by atoms with Crippen LogP contribution in [0.15, 0.2) is 24.4 Å². The summed E-state index contributed by atoms with van der Waals surface area (Å²) in [6.07, 6.45) is 8.69. The van der Waals surface area contributed by atoms with Crippen molar-refractivity contribution >= 4 is 5.82 Å². The molecular weight excluding hydrogens is 222 g/mol. The fraction of sp³-hybridized carbons (Fsp3) is 0.667. The SMILES string of the molecule is c1ccc([N+]2(C3CCNCC3)CCCCC2)nc1. The Morgan fingerprint density at radius 3 is 2.50 bits per heavy atom. The van der Waals surface area contributed by atoms with E-state index in [1.807, 2.05) is 12.3 Å². The van der Waals surface area contributed by atoms with Crippen LogP contribution in [0, 0.1) is 0 Å². The molecule has 3 rings (SSSR count). The number of nitrogens with one attached hydrogen (secondary N) is 1. The Kier molecular flexibility index (Phi) is 3.62. The molecule has 0 amide bonds. The van der Waals surface area contributed by atoms with E-state index in [0.29, 0.717) is 0 Å². The van der Waals surface area contributed by atoms with Crippen molar-refractivity contribution in [1.29, 1.82) is 0 Å². The smallest absolute Gasteiger partial charge is 0.227 e. The zero-order chi connectivity index (χ0) is 12.3. The molecule has 2 aliphatic rings. The van der Waals surface area contributed by atoms with Crippen molar-refractivity contribution in [3.63, 3.8) is 0 Å². The van der Waals surface area contributed by atoms with Gasteiger partial charge in [-0.3, -0.25) is 4.48 Å². The van der Waals surface area contributed by atoms with Crippen molar-refractivity contribution in [2.24, 2.45) is 0 Å². The molecule has 3 heteroatoms. The van der Waals surface area contributed by atoms with Crippen LogP contribution in [0.4, 0.5) is 5.82 Å². The van der Waals surface area contributed by atoms with Crippen molar-refractivity contribution in [2.75, 3.05) is 26.2 Å². The minimum absolute atomic E-state index is 0.779. The highest BCUT2D eigenvalue weighted by Gasteiger charge is 2.41. The lowest BCUT2D eigenvalue weighted by Gasteiger charge is -2.47. The first kappa shape index (κ1) is 12.1. The molecule has 0 spiro atoms. The quantitative estimate of drug-likeness (QED) is 0.810. The number of rotatable bonds is 2. The second-order valence-electron chi connectivity index (χ2n) is 5.71. The van der Waals surface area contributed by atoms with Crippen molar-refractivity contribution < 1.29 is 0 Å². The average molecular weight is 246 g/mol. The summed E-state index contributed by atoms with van der Waals surface area (Å²) in [5.41, 5.74) is 0. The molecule has 0 radical (unpaired) electrons. The standard InChI is InChI=1S/C15H24N3/c1-4-12-18(13-5-1,14-7-10-16-11-8-14)15-6-2-3-9-17-15/h2-3,6,9,14,16H,1,4-5,7-8,10-13H2/q+1. The van der Waals surface area contributed by atoms with E-state index in [-0.39, 0.29) is 0 Å². The Labute approximate surface area is 110 Å². The first-order chi connectivity index (χ1) is 8.92. The second kappa shape index (κ2) is 5.37. The van der Waals surface area contributed by atoms with E-state index in [2.05, 4.69) is 17.4 Å². The summed E-state index contributed by atoms with van der Waals surface area (Å²) < 4.78 is 1.16. The Bertz CT molecular complexity index is 365. The summed E-state index contributed by atoms with van der Waals surface area (Å²) in [5, 5.41) is 3.49. The first-order valence-corrected chi connectivity index (χ1v) is 7.41. The van der Waals surface area contributed by atoms with Crippen LogP contribution in [0.2, 0.25) is 0 Å². The van der Waals surface area contributed by atoms with E-state index in [1.165, 1.54) is 64.1 Å². The van der Waals surface area contributed by atoms with Gasteiger partial charge in [0.25, 0.3) is 0 Å². The fourth-order valence-corrected chi connectivity index (χ4v) is 3.78. The second-order valence-corrected chi connectivity index (χ2v) is 5.71. The van der Waals surface area contributed by atoms with Gasteiger partial charge < -0.3 is 5.32 Å². The predicted octanol–water partition coefficient (Wildman–Crippen LogP) is 2.32. The van der Waals surface area contributed by atoms with Crippen molar-refractivity contribution in [3.8, 4) is 0 Å². The molecule has 98 valence electrons. The third kappa shape index (κ3) is 2.17. The normalized spacial score (nSPS) is 24.9. The van der Waals surface area contributed by atoms with E-state index in [9.17, 15) is 0 Å². The lowest BCUT2D eigenvalue weighted by molar-refractivity contribution is 0.134. The van der Waals surface area contributed by atoms with Crippen molar-refractivity contribution in [1.82, 2.24) is 14.8 Å². The van der Waals surface area contributed by atoms with Crippen LogP contribution >= 0.6 is 0 Å². The summed E-state index contributed by atoms with van der Waals surface area (Å²) in [4.78, 5) is 4.70. The molecule has 0 bridgehead atoms. The van der Waals surface area contributed by atoms with E-state index >= 15 is 0 Å². The maximum Gasteiger partial charge on any atom is 0.227 e. The van der Waals surface area contributed by atoms with Gasteiger partial charge in [0.15, 0.2) is 0 Å². The Morgan fingerprint density at radius 1 is 1.06 bits per heavy atom. The van der Waals surface area contributed by atoms with E-state index in [0.717, 1.165) is 10.5 Å². The van der Waals surface area contributed by atoms with Gasteiger partial charge in [-0.15, -0.1) is 0 Å². The van der Waals surface area contributed by atoms with Crippen LogP contribution in [0.3, 0.4) is 0 Å². The topological polar surface area (TPSA) is 24.9 Å². The largest absolute Gasteiger partial charge is 0.316 e. The van der Waals surface area contributed by atoms with Gasteiger partial charge in [0.1, 0.15) is 0 Å². The van der Waals surface area contributed by atoms with Crippen LogP contribution in [-0.2, 0) is 0 Å². The van der Waals surface area contributed by atoms with Gasteiger partial charge in [0.2, 0.25) is 5.82 Å². The zero-order valence-electron chi connectivity index (χ0n) is 11.1. The number of nitrogens with zero attached hydrogens (tertiary/aromatic N) is 2. The predicted molar refractivity (Wildman–Crippen MR) is 75.5 cm³/mol. The summed E-state index contributed by atoms with van der Waals surface area (Å²) in [5.74, 6) is 1.31. The van der Waals surface area contributed by atoms with Gasteiger partial charge in [-0.05, 0) is 25.3 Å². The minimum Gasteiger partial charge on any atom is -0.316 e. The molecule has 3 heterocycles. The monoisotopic (exact) mass is 246 g/mol. The molecule has 3 nitrogen and oxygen atoms in total. The molecule has 0 aromatic carbocycles. The zero-order valence-corrected chi connectivity index (χ0v) is 11.1. The maximum absolute atomic E-state index is 4.70. The van der Waals surface area contributed by atoms with Crippen molar-refractivity contribution in [3.05, 3.63) is 24.4 Å². The molecule has 0 saturated carbocycles. The average Bonchev–Trinajstić information content (AvgIpc) is 2.50. The Morgan fingerprint density at radius 2 is 1.83 bits per heavy atom. The highest BCUT2D eigenvalue weighted by atomic mass is 15.4. The van der Waals surface area contributed by atoms with E-state index in [4.69, 9.17) is 4.98 Å². The number of hydrogen-bond acceptors (Lipinski definition) is 2. The summed E-state index contributed by atoms with van der Waals surface area (Å²) in [7, 11) is 0. The van der Waals surface area contributed by atoms with Gasteiger partial charge in [0, 0.05) is 38.2 Å². The van der Waals surface area contributed by atoms with Crippen LogP contribution in [0.25, 0.3) is 0 Å². The van der Waals surface area contributed by atoms with Crippen LogP contribution in [0.1, 0.15) is 32.1 Å². The third-order valence-electron chi connectivity index (χ3n) is 4.73. The molecule has 0 aliphatic carbocycles. The highest BCUT2D eigenvalue weighted by Crippen LogP contribution is 2.33. The molecule has 1 N–H and O–H groups in total. The van der Waals surface area contributed by atoms with Gasteiger partial charge >= 0.3 is 0 Å². The Balaban J connectivity index is 1.92. The molecule has 1 aromatic rings. The molecule has 2 aliphatic heterocycles.